The first-order valence-electron chi connectivity index (χ1n) is 6.13. The highest BCUT2D eigenvalue weighted by molar-refractivity contribution is 5.83. The molecular weight excluding hydrogens is 242 g/mol. The number of nitrogens with zero attached hydrogens (tertiary/aromatic N) is 1. The van der Waals surface area contributed by atoms with Gasteiger partial charge >= 0.3 is 0 Å². The third kappa shape index (κ3) is 4.22. The van der Waals surface area contributed by atoms with Gasteiger partial charge in [0.1, 0.15) is 11.6 Å². The zero-order valence-corrected chi connectivity index (χ0v) is 11.2. The minimum Gasteiger partial charge on any atom is -0.508 e. The summed E-state index contributed by atoms with van der Waals surface area (Å²) in [4.78, 5) is 15.6. The third-order valence-electron chi connectivity index (χ3n) is 2.56. The molecule has 0 bridgehead atoms. The summed E-state index contributed by atoms with van der Waals surface area (Å²) in [5.41, 5.74) is 7.09. The fourth-order valence-corrected chi connectivity index (χ4v) is 1.67. The maximum Gasteiger partial charge on any atom is 0.239 e. The van der Waals surface area contributed by atoms with E-state index >= 15 is 0 Å². The molecule has 0 saturated heterocycles. The Kier molecular flexibility index (Phi) is 5.75. The van der Waals surface area contributed by atoms with Gasteiger partial charge in [-0.25, -0.2) is 4.99 Å². The summed E-state index contributed by atoms with van der Waals surface area (Å²) in [6.07, 6.45) is 2.31. The van der Waals surface area contributed by atoms with Crippen LogP contribution in [-0.2, 0) is 4.79 Å². The number of nitrogens with two attached hydrogens (primary N) is 1. The molecule has 102 valence electrons. The van der Waals surface area contributed by atoms with Gasteiger partial charge in [0.2, 0.25) is 5.91 Å². The van der Waals surface area contributed by atoms with Gasteiger partial charge in [0.15, 0.2) is 0 Å². The number of nitrogens with one attached hydrogen (secondary N) is 1. The van der Waals surface area contributed by atoms with E-state index < -0.39 is 0 Å². The highest BCUT2D eigenvalue weighted by atomic mass is 16.3. The highest BCUT2D eigenvalue weighted by Gasteiger charge is 2.09. The molecule has 0 aliphatic heterocycles. The number of aliphatic imine (C=N–C) groups is 1. The maximum absolute atomic E-state index is 11.4. The summed E-state index contributed by atoms with van der Waals surface area (Å²) in [5.74, 6) is 0.405. The van der Waals surface area contributed by atoms with E-state index in [1.165, 1.54) is 0 Å². The average molecular weight is 261 g/mol. The fraction of sp³-hybridized carbons (Fsp3) is 0.286. The van der Waals surface area contributed by atoms with Crippen molar-refractivity contribution >= 4 is 17.7 Å². The Balaban J connectivity index is 3.21. The summed E-state index contributed by atoms with van der Waals surface area (Å²) in [6, 6.07) is 6.77. The molecule has 0 aliphatic carbocycles. The number of carbonyl (C=O) groups is 1. The van der Waals surface area contributed by atoms with Gasteiger partial charge in [-0.3, -0.25) is 4.79 Å². The minimum absolute atomic E-state index is 0.0880. The lowest BCUT2D eigenvalue weighted by Crippen LogP contribution is -2.29. The monoisotopic (exact) mass is 261 g/mol. The highest BCUT2D eigenvalue weighted by Crippen LogP contribution is 2.23. The lowest BCUT2D eigenvalue weighted by Gasteiger charge is -2.12. The second-order valence-electron chi connectivity index (χ2n) is 3.87. The molecule has 0 radical (unpaired) electrons. The van der Waals surface area contributed by atoms with Crippen LogP contribution in [0, 0.1) is 0 Å². The van der Waals surface area contributed by atoms with Crippen LogP contribution in [0.15, 0.2) is 35.1 Å². The minimum atomic E-state index is -0.287. The Hall–Kier alpha value is -2.14. The van der Waals surface area contributed by atoms with Crippen molar-refractivity contribution in [1.82, 2.24) is 5.32 Å². The van der Waals surface area contributed by atoms with Crippen LogP contribution in [0.25, 0.3) is 5.57 Å². The molecule has 1 aromatic carbocycles. The number of carbonyl (C=O) groups excluding carboxylic acids is 1. The first-order valence-corrected chi connectivity index (χ1v) is 6.13. The number of phenolic OH excluding ortho intramolecular Hbond substituents is 1. The zero-order chi connectivity index (χ0) is 14.3. The van der Waals surface area contributed by atoms with Gasteiger partial charge < -0.3 is 16.2 Å². The van der Waals surface area contributed by atoms with Crippen molar-refractivity contribution in [3.05, 3.63) is 35.6 Å². The van der Waals surface area contributed by atoms with Crippen LogP contribution in [0.2, 0.25) is 0 Å². The topological polar surface area (TPSA) is 87.7 Å². The second-order valence-corrected chi connectivity index (χ2v) is 3.87. The fourth-order valence-electron chi connectivity index (χ4n) is 1.67. The van der Waals surface area contributed by atoms with Gasteiger partial charge in [-0.1, -0.05) is 19.1 Å². The molecule has 0 atom stereocenters. The van der Waals surface area contributed by atoms with E-state index in [9.17, 15) is 9.90 Å². The summed E-state index contributed by atoms with van der Waals surface area (Å²) in [5, 5.41) is 12.0. The van der Waals surface area contributed by atoms with Crippen molar-refractivity contribution in [3.63, 3.8) is 0 Å². The van der Waals surface area contributed by atoms with Crippen LogP contribution in [0.3, 0.4) is 0 Å². The van der Waals surface area contributed by atoms with Gasteiger partial charge in [-0.2, -0.15) is 0 Å². The first kappa shape index (κ1) is 14.9. The van der Waals surface area contributed by atoms with Crippen molar-refractivity contribution in [2.24, 2.45) is 10.7 Å². The predicted octanol–water partition coefficient (Wildman–Crippen LogP) is 1.64. The molecule has 0 fully saturated rings. The molecule has 1 aromatic rings. The van der Waals surface area contributed by atoms with Crippen molar-refractivity contribution < 1.29 is 9.90 Å². The zero-order valence-electron chi connectivity index (χ0n) is 11.2. The van der Waals surface area contributed by atoms with Gasteiger partial charge in [-0.05, 0) is 31.0 Å². The predicted molar refractivity (Wildman–Crippen MR) is 76.7 cm³/mol. The average Bonchev–Trinajstić information content (AvgIpc) is 2.41. The number of amides is 1. The van der Waals surface area contributed by atoms with Crippen molar-refractivity contribution in [2.45, 2.75) is 20.3 Å². The Bertz CT molecular complexity index is 490. The Morgan fingerprint density at radius 2 is 2.05 bits per heavy atom. The van der Waals surface area contributed by atoms with E-state index in [4.69, 9.17) is 5.73 Å². The molecule has 0 saturated carbocycles. The Morgan fingerprint density at radius 1 is 1.42 bits per heavy atom. The second kappa shape index (κ2) is 7.33. The standard InChI is InChI=1S/C14H19N3O2/c1-3-12(10-5-7-11(18)8-6-10)14(16-4-2)17-13(19)9-15/h4-8,18H,3,9,15H2,1-2H3,(H,17,19)/b14-12-,16-4-. The molecule has 0 aliphatic rings. The van der Waals surface area contributed by atoms with Crippen LogP contribution >= 0.6 is 0 Å². The number of hydrogen-bond donors (Lipinski definition) is 3. The van der Waals surface area contributed by atoms with E-state index in [0.29, 0.717) is 12.2 Å². The lowest BCUT2D eigenvalue weighted by molar-refractivity contribution is -0.119. The Labute approximate surface area is 112 Å². The van der Waals surface area contributed by atoms with E-state index in [0.717, 1.165) is 11.1 Å². The number of allylic oxidation sites excluding steroid dienone is 1. The molecule has 0 spiro atoms. The number of aromatic hydroxyl groups is 1. The summed E-state index contributed by atoms with van der Waals surface area (Å²) < 4.78 is 0. The SMILES string of the molecule is C/C=N\C(NC(=O)CN)=C(/CC)c1ccc(O)cc1. The van der Waals surface area contributed by atoms with Crippen LogP contribution < -0.4 is 11.1 Å². The van der Waals surface area contributed by atoms with Crippen LogP contribution in [0.1, 0.15) is 25.8 Å². The summed E-state index contributed by atoms with van der Waals surface area (Å²) in [7, 11) is 0. The molecule has 0 unspecified atom stereocenters. The van der Waals surface area contributed by atoms with E-state index in [1.54, 1.807) is 37.4 Å². The number of phenols is 1. The van der Waals surface area contributed by atoms with E-state index in [-0.39, 0.29) is 18.2 Å². The Morgan fingerprint density at radius 3 is 2.53 bits per heavy atom. The van der Waals surface area contributed by atoms with Gasteiger partial charge in [-0.15, -0.1) is 0 Å². The van der Waals surface area contributed by atoms with Gasteiger partial charge in [0.25, 0.3) is 0 Å². The molecule has 4 N–H and O–H groups in total. The number of hydrogen-bond acceptors (Lipinski definition) is 4. The van der Waals surface area contributed by atoms with Crippen molar-refractivity contribution in [1.29, 1.82) is 0 Å². The number of benzene rings is 1. The summed E-state index contributed by atoms with van der Waals surface area (Å²) >= 11 is 0. The molecular formula is C14H19N3O2. The van der Waals surface area contributed by atoms with Gasteiger partial charge in [0, 0.05) is 11.8 Å². The molecule has 1 amide bonds. The largest absolute Gasteiger partial charge is 0.508 e. The van der Waals surface area contributed by atoms with E-state index in [2.05, 4.69) is 10.3 Å². The first-order chi connectivity index (χ1) is 9.12. The van der Waals surface area contributed by atoms with Gasteiger partial charge in [0.05, 0.1) is 6.54 Å². The van der Waals surface area contributed by atoms with Crippen molar-refractivity contribution in [3.8, 4) is 5.75 Å². The lowest BCUT2D eigenvalue weighted by atomic mass is 10.0. The van der Waals surface area contributed by atoms with Crippen LogP contribution in [0.5, 0.6) is 5.75 Å². The van der Waals surface area contributed by atoms with Crippen LogP contribution in [0.4, 0.5) is 0 Å². The summed E-state index contributed by atoms with van der Waals surface area (Å²) in [6.45, 7) is 3.66. The third-order valence-corrected chi connectivity index (χ3v) is 2.56. The molecule has 1 rings (SSSR count). The molecule has 0 aromatic heterocycles. The normalized spacial score (nSPS) is 12.4. The maximum atomic E-state index is 11.4. The molecule has 19 heavy (non-hydrogen) atoms. The number of rotatable bonds is 5. The molecule has 0 heterocycles. The quantitative estimate of drug-likeness (QED) is 0.704. The molecule has 5 nitrogen and oxygen atoms in total. The smallest absolute Gasteiger partial charge is 0.239 e. The van der Waals surface area contributed by atoms with Crippen LogP contribution in [-0.4, -0.2) is 23.8 Å². The van der Waals surface area contributed by atoms with Crippen molar-refractivity contribution in [2.75, 3.05) is 6.54 Å². The molecule has 5 heteroatoms. The van der Waals surface area contributed by atoms with E-state index in [1.807, 2.05) is 6.92 Å².